The van der Waals surface area contributed by atoms with E-state index in [-0.39, 0.29) is 0 Å². The SMILES string of the molecule is OCC(F)(F)C(F)(F)C(F)F.OCC(F)(F)C(F)F. The Labute approximate surface area is 99.2 Å². The lowest BCUT2D eigenvalue weighted by Gasteiger charge is -2.23. The van der Waals surface area contributed by atoms with Gasteiger partial charge in [0.1, 0.15) is 13.2 Å². The van der Waals surface area contributed by atoms with Crippen LogP contribution >= 0.6 is 0 Å². The molecule has 0 aliphatic rings. The first-order chi connectivity index (χ1) is 8.26. The number of aliphatic hydroxyl groups excluding tert-OH is 2. The van der Waals surface area contributed by atoms with Crippen molar-refractivity contribution < 1.29 is 54.1 Å². The molecule has 0 aromatic carbocycles. The van der Waals surface area contributed by atoms with Crippen molar-refractivity contribution in [3.05, 3.63) is 0 Å². The number of aliphatic hydroxyl groups is 2. The molecule has 0 spiro atoms. The van der Waals surface area contributed by atoms with E-state index in [2.05, 4.69) is 0 Å². The van der Waals surface area contributed by atoms with Crippen LogP contribution in [0.1, 0.15) is 0 Å². The Morgan fingerprint density at radius 3 is 1.11 bits per heavy atom. The van der Waals surface area contributed by atoms with Crippen LogP contribution in [-0.2, 0) is 0 Å². The first kappa shape index (κ1) is 20.5. The van der Waals surface area contributed by atoms with Crippen LogP contribution < -0.4 is 0 Å². The van der Waals surface area contributed by atoms with Gasteiger partial charge in [-0.15, -0.1) is 0 Å². The van der Waals surface area contributed by atoms with E-state index < -0.39 is 43.8 Å². The average Bonchev–Trinajstić information content (AvgIpc) is 2.29. The highest BCUT2D eigenvalue weighted by molar-refractivity contribution is 4.86. The van der Waals surface area contributed by atoms with E-state index in [4.69, 9.17) is 10.2 Å². The van der Waals surface area contributed by atoms with Crippen molar-refractivity contribution in [2.24, 2.45) is 0 Å². The molecule has 0 aliphatic heterocycles. The Balaban J connectivity index is 0. The van der Waals surface area contributed by atoms with Crippen molar-refractivity contribution in [2.75, 3.05) is 13.2 Å². The van der Waals surface area contributed by atoms with Gasteiger partial charge in [-0.3, -0.25) is 0 Å². The molecule has 0 aromatic rings. The van der Waals surface area contributed by atoms with Gasteiger partial charge in [0, 0.05) is 0 Å². The monoisotopic (exact) mass is 314 g/mol. The summed E-state index contributed by atoms with van der Waals surface area (Å²) in [7, 11) is 0. The lowest BCUT2D eigenvalue weighted by molar-refractivity contribution is -0.274. The molecule has 2 N–H and O–H groups in total. The molecule has 0 fully saturated rings. The largest absolute Gasteiger partial charge is 0.390 e. The molecule has 0 bridgehead atoms. The van der Waals surface area contributed by atoms with Crippen LogP contribution in [-0.4, -0.2) is 54.0 Å². The van der Waals surface area contributed by atoms with Gasteiger partial charge in [0.25, 0.3) is 0 Å². The Morgan fingerprint density at radius 1 is 0.684 bits per heavy atom. The molecule has 0 aromatic heterocycles. The van der Waals surface area contributed by atoms with Gasteiger partial charge in [-0.05, 0) is 0 Å². The molecule has 12 heteroatoms. The second kappa shape index (κ2) is 7.12. The first-order valence-electron chi connectivity index (χ1n) is 4.17. The Kier molecular flexibility index (Phi) is 7.70. The lowest BCUT2D eigenvalue weighted by Crippen LogP contribution is -2.48. The predicted octanol–water partition coefficient (Wildman–Crippen LogP) is 2.39. The predicted molar refractivity (Wildman–Crippen MR) is 41.0 cm³/mol. The zero-order valence-electron chi connectivity index (χ0n) is 8.74. The fourth-order valence-corrected chi connectivity index (χ4v) is 0.334. The Hall–Kier alpha value is -0.780. The molecule has 0 saturated heterocycles. The van der Waals surface area contributed by atoms with Gasteiger partial charge >= 0.3 is 30.6 Å². The van der Waals surface area contributed by atoms with Crippen LogP contribution in [0.25, 0.3) is 0 Å². The average molecular weight is 314 g/mol. The molecule has 0 amide bonds. The van der Waals surface area contributed by atoms with Crippen LogP contribution in [0.2, 0.25) is 0 Å². The van der Waals surface area contributed by atoms with Gasteiger partial charge in [-0.1, -0.05) is 0 Å². The maximum atomic E-state index is 11.7. The summed E-state index contributed by atoms with van der Waals surface area (Å²) in [6, 6.07) is 0. The highest BCUT2D eigenvalue weighted by atomic mass is 19.3. The van der Waals surface area contributed by atoms with Gasteiger partial charge in [-0.25, -0.2) is 17.6 Å². The van der Waals surface area contributed by atoms with Crippen molar-refractivity contribution in [1.29, 1.82) is 0 Å². The minimum absolute atomic E-state index is 1.80. The van der Waals surface area contributed by atoms with Crippen LogP contribution in [0.15, 0.2) is 0 Å². The third-order valence-electron chi connectivity index (χ3n) is 1.49. The minimum Gasteiger partial charge on any atom is -0.390 e. The molecule has 0 saturated carbocycles. The molecule has 2 nitrogen and oxygen atoms in total. The molecule has 0 radical (unpaired) electrons. The molecular weight excluding hydrogens is 306 g/mol. The Morgan fingerprint density at radius 2 is 1.05 bits per heavy atom. The number of halogens is 10. The van der Waals surface area contributed by atoms with Crippen molar-refractivity contribution >= 4 is 0 Å². The smallest absolute Gasteiger partial charge is 0.371 e. The molecule has 0 aliphatic carbocycles. The van der Waals surface area contributed by atoms with Gasteiger partial charge in [0.15, 0.2) is 0 Å². The van der Waals surface area contributed by atoms with Crippen LogP contribution in [0, 0.1) is 0 Å². The van der Waals surface area contributed by atoms with Crippen molar-refractivity contribution in [2.45, 2.75) is 30.6 Å². The van der Waals surface area contributed by atoms with E-state index in [1.54, 1.807) is 0 Å². The lowest BCUT2D eigenvalue weighted by atomic mass is 10.2. The van der Waals surface area contributed by atoms with E-state index in [0.717, 1.165) is 0 Å². The van der Waals surface area contributed by atoms with Gasteiger partial charge in [-0.2, -0.15) is 26.3 Å². The molecule has 118 valence electrons. The quantitative estimate of drug-likeness (QED) is 0.765. The standard InChI is InChI=1S/C4H4F6O.C3H4F4O/c5-2(6)4(9,10)3(7,8)1-11;4-2(5)3(6,7)1-8/h2,11H,1H2;2,8H,1H2. The van der Waals surface area contributed by atoms with Crippen molar-refractivity contribution in [3.63, 3.8) is 0 Å². The first-order valence-corrected chi connectivity index (χ1v) is 4.17. The number of hydrogen-bond acceptors (Lipinski definition) is 2. The summed E-state index contributed by atoms with van der Waals surface area (Å²) in [5, 5.41) is 15.1. The van der Waals surface area contributed by atoms with Gasteiger partial charge in [0.2, 0.25) is 0 Å². The zero-order chi connectivity index (χ0) is 16.1. The summed E-state index contributed by atoms with van der Waals surface area (Å²) in [6.45, 7) is -4.10. The highest BCUT2D eigenvalue weighted by Crippen LogP contribution is 2.38. The third kappa shape index (κ3) is 5.80. The summed E-state index contributed by atoms with van der Waals surface area (Å²) in [5.74, 6) is -14.8. The fourth-order valence-electron chi connectivity index (χ4n) is 0.334. The van der Waals surface area contributed by atoms with E-state index in [0.29, 0.717) is 0 Å². The van der Waals surface area contributed by atoms with Gasteiger partial charge < -0.3 is 10.2 Å². The zero-order valence-corrected chi connectivity index (χ0v) is 8.74. The summed E-state index contributed by atoms with van der Waals surface area (Å²) in [6.07, 6.45) is -8.25. The molecule has 0 unspecified atom stereocenters. The maximum absolute atomic E-state index is 11.7. The van der Waals surface area contributed by atoms with E-state index >= 15 is 0 Å². The number of rotatable bonds is 5. The van der Waals surface area contributed by atoms with E-state index in [1.807, 2.05) is 0 Å². The van der Waals surface area contributed by atoms with Crippen molar-refractivity contribution in [3.8, 4) is 0 Å². The summed E-state index contributed by atoms with van der Waals surface area (Å²) >= 11 is 0. The highest BCUT2D eigenvalue weighted by Gasteiger charge is 2.62. The number of alkyl halides is 10. The fraction of sp³-hybridized carbons (Fsp3) is 1.00. The van der Waals surface area contributed by atoms with E-state index in [9.17, 15) is 43.9 Å². The van der Waals surface area contributed by atoms with Crippen LogP contribution in [0.4, 0.5) is 43.9 Å². The minimum atomic E-state index is -5.47. The molecule has 19 heavy (non-hydrogen) atoms. The normalized spacial score (nSPS) is 13.6. The van der Waals surface area contributed by atoms with Crippen LogP contribution in [0.3, 0.4) is 0 Å². The second-order valence-corrected chi connectivity index (χ2v) is 3.01. The summed E-state index contributed by atoms with van der Waals surface area (Å²) < 4.78 is 113. The second-order valence-electron chi connectivity index (χ2n) is 3.01. The molecular formula is C7H8F10O2. The molecule has 0 rings (SSSR count). The Bertz CT molecular complexity index is 254. The van der Waals surface area contributed by atoms with E-state index in [1.165, 1.54) is 0 Å². The number of hydrogen-bond donors (Lipinski definition) is 2. The summed E-state index contributed by atoms with van der Waals surface area (Å²) in [5.41, 5.74) is 0. The van der Waals surface area contributed by atoms with Gasteiger partial charge in [0.05, 0.1) is 0 Å². The summed E-state index contributed by atoms with van der Waals surface area (Å²) in [4.78, 5) is 0. The molecule has 0 atom stereocenters. The topological polar surface area (TPSA) is 40.5 Å². The maximum Gasteiger partial charge on any atom is 0.371 e. The third-order valence-corrected chi connectivity index (χ3v) is 1.49. The van der Waals surface area contributed by atoms with Crippen molar-refractivity contribution in [1.82, 2.24) is 0 Å². The molecule has 0 heterocycles. The van der Waals surface area contributed by atoms with Crippen LogP contribution in [0.5, 0.6) is 0 Å².